The van der Waals surface area contributed by atoms with Crippen LogP contribution in [0.5, 0.6) is 0 Å². The van der Waals surface area contributed by atoms with Gasteiger partial charge in [-0.3, -0.25) is 0 Å². The first kappa shape index (κ1) is 11.1. The summed E-state index contributed by atoms with van der Waals surface area (Å²) >= 11 is 19.7. The molecule has 0 saturated carbocycles. The Hall–Kier alpha value is 1.04. The van der Waals surface area contributed by atoms with Gasteiger partial charge in [0.15, 0.2) is 0 Å². The van der Waals surface area contributed by atoms with E-state index in [0.717, 1.165) is 9.13 Å². The van der Waals surface area contributed by atoms with Crippen molar-refractivity contribution in [2.24, 2.45) is 0 Å². The van der Waals surface area contributed by atoms with Gasteiger partial charge in [0.2, 0.25) is 0 Å². The lowest BCUT2D eigenvalue weighted by Gasteiger charge is -2.08. The molecule has 0 aliphatic rings. The van der Waals surface area contributed by atoms with E-state index < -0.39 is 6.00 Å². The van der Waals surface area contributed by atoms with Gasteiger partial charge in [0.25, 0.3) is 0 Å². The molecular weight excluding hydrogens is 345 g/mol. The number of rotatable bonds is 2. The maximum atomic E-state index is 5.81. The minimum absolute atomic E-state index is 0.594. The Balaban J connectivity index is 2.83. The van der Waals surface area contributed by atoms with E-state index in [1.54, 1.807) is 0 Å². The summed E-state index contributed by atoms with van der Waals surface area (Å²) in [6.45, 7) is 0. The highest BCUT2D eigenvalue weighted by atomic mass is 127. The van der Waals surface area contributed by atoms with Crippen LogP contribution in [0.15, 0.2) is 24.3 Å². The quantitative estimate of drug-likeness (QED) is 0.429. The van der Waals surface area contributed by atoms with Gasteiger partial charge in [-0.15, -0.1) is 33.2 Å². The standard InChI is InChI=1S/C7H6Cl3ISi/c8-12(9,10)5-6-3-1-2-4-7(6)11/h1-4H,5H2. The van der Waals surface area contributed by atoms with Crippen LogP contribution in [0, 0.1) is 3.57 Å². The molecule has 1 aromatic rings. The Morgan fingerprint density at radius 2 is 1.75 bits per heavy atom. The predicted octanol–water partition coefficient (Wildman–Crippen LogP) is 4.03. The van der Waals surface area contributed by atoms with Gasteiger partial charge in [-0.25, -0.2) is 0 Å². The van der Waals surface area contributed by atoms with Crippen molar-refractivity contribution in [2.75, 3.05) is 0 Å². The van der Waals surface area contributed by atoms with Crippen molar-refractivity contribution >= 4 is 61.8 Å². The predicted molar refractivity (Wildman–Crippen MR) is 66.2 cm³/mol. The summed E-state index contributed by atoms with van der Waals surface area (Å²) in [5.74, 6) is 0. The van der Waals surface area contributed by atoms with Crippen molar-refractivity contribution in [3.8, 4) is 0 Å². The van der Waals surface area contributed by atoms with Crippen LogP contribution in [0.1, 0.15) is 5.56 Å². The molecule has 0 aromatic heterocycles. The van der Waals surface area contributed by atoms with Gasteiger partial charge in [-0.2, -0.15) is 0 Å². The van der Waals surface area contributed by atoms with E-state index in [4.69, 9.17) is 33.2 Å². The third kappa shape index (κ3) is 3.83. The molecule has 0 aliphatic heterocycles. The molecule has 66 valence electrons. The van der Waals surface area contributed by atoms with Gasteiger partial charge in [0.1, 0.15) is 0 Å². The lowest BCUT2D eigenvalue weighted by atomic mass is 10.2. The molecule has 1 aromatic carbocycles. The Kier molecular flexibility index (Phi) is 4.17. The molecule has 12 heavy (non-hydrogen) atoms. The third-order valence-corrected chi connectivity index (χ3v) is 4.39. The van der Waals surface area contributed by atoms with Gasteiger partial charge in [0.05, 0.1) is 0 Å². The normalized spacial score (nSPS) is 11.7. The maximum Gasteiger partial charge on any atom is 0.345 e. The Bertz CT molecular complexity index is 272. The molecule has 0 N–H and O–H groups in total. The molecule has 0 saturated heterocycles. The molecule has 0 fully saturated rings. The molecule has 1 rings (SSSR count). The zero-order chi connectivity index (χ0) is 9.19. The van der Waals surface area contributed by atoms with E-state index in [2.05, 4.69) is 22.6 Å². The van der Waals surface area contributed by atoms with Crippen molar-refractivity contribution in [1.82, 2.24) is 0 Å². The van der Waals surface area contributed by atoms with Crippen LogP contribution < -0.4 is 0 Å². The van der Waals surface area contributed by atoms with Gasteiger partial charge in [-0.1, -0.05) is 18.2 Å². The lowest BCUT2D eigenvalue weighted by Crippen LogP contribution is -2.14. The highest BCUT2D eigenvalue weighted by molar-refractivity contribution is 14.1. The molecule has 0 heterocycles. The molecule has 0 atom stereocenters. The van der Waals surface area contributed by atoms with E-state index in [-0.39, 0.29) is 0 Å². The van der Waals surface area contributed by atoms with Crippen LogP contribution in [-0.2, 0) is 6.04 Å². The van der Waals surface area contributed by atoms with Crippen molar-refractivity contribution in [1.29, 1.82) is 0 Å². The number of halogens is 4. The number of hydrogen-bond donors (Lipinski definition) is 0. The van der Waals surface area contributed by atoms with Crippen molar-refractivity contribution < 1.29 is 0 Å². The van der Waals surface area contributed by atoms with E-state index in [1.165, 1.54) is 0 Å². The van der Waals surface area contributed by atoms with Gasteiger partial charge < -0.3 is 0 Å². The Morgan fingerprint density at radius 3 is 2.25 bits per heavy atom. The lowest BCUT2D eigenvalue weighted by molar-refractivity contribution is 1.35. The fraction of sp³-hybridized carbons (Fsp3) is 0.143. The van der Waals surface area contributed by atoms with Crippen LogP contribution in [0.3, 0.4) is 0 Å². The van der Waals surface area contributed by atoms with E-state index in [0.29, 0.717) is 6.04 Å². The smallest absolute Gasteiger partial charge is 0.126 e. The summed E-state index contributed by atoms with van der Waals surface area (Å²) in [7, 11) is 0. The summed E-state index contributed by atoms with van der Waals surface area (Å²) in [5, 5.41) is 0. The molecule has 0 bridgehead atoms. The first-order valence-corrected chi connectivity index (χ1v) is 9.61. The third-order valence-electron chi connectivity index (χ3n) is 1.35. The molecule has 0 amide bonds. The first-order chi connectivity index (χ1) is 5.49. The van der Waals surface area contributed by atoms with E-state index in [1.807, 2.05) is 24.3 Å². The Labute approximate surface area is 100 Å². The maximum absolute atomic E-state index is 5.81. The minimum atomic E-state index is -2.52. The van der Waals surface area contributed by atoms with Gasteiger partial charge in [-0.05, 0) is 34.2 Å². The molecule has 0 nitrogen and oxygen atoms in total. The topological polar surface area (TPSA) is 0 Å². The second-order valence-electron chi connectivity index (χ2n) is 2.38. The second kappa shape index (κ2) is 4.51. The fourth-order valence-corrected chi connectivity index (χ4v) is 3.83. The molecule has 0 aliphatic carbocycles. The average Bonchev–Trinajstić information content (AvgIpc) is 1.91. The van der Waals surface area contributed by atoms with Crippen LogP contribution in [0.25, 0.3) is 0 Å². The Morgan fingerprint density at radius 1 is 1.17 bits per heavy atom. The van der Waals surface area contributed by atoms with Crippen LogP contribution in [-0.4, -0.2) is 6.00 Å². The monoisotopic (exact) mass is 350 g/mol. The summed E-state index contributed by atoms with van der Waals surface area (Å²) < 4.78 is 1.16. The summed E-state index contributed by atoms with van der Waals surface area (Å²) in [4.78, 5) is 0. The molecule has 0 unspecified atom stereocenters. The second-order valence-corrected chi connectivity index (χ2v) is 12.7. The number of benzene rings is 1. The molecular formula is C7H6Cl3ISi. The summed E-state index contributed by atoms with van der Waals surface area (Å²) in [6, 6.07) is 6.03. The highest BCUT2D eigenvalue weighted by Gasteiger charge is 2.25. The largest absolute Gasteiger partial charge is 0.345 e. The summed E-state index contributed by atoms with van der Waals surface area (Å²) in [5.41, 5.74) is 1.13. The van der Waals surface area contributed by atoms with Crippen LogP contribution in [0.2, 0.25) is 0 Å². The van der Waals surface area contributed by atoms with E-state index >= 15 is 0 Å². The minimum Gasteiger partial charge on any atom is -0.126 e. The highest BCUT2D eigenvalue weighted by Crippen LogP contribution is 2.26. The van der Waals surface area contributed by atoms with E-state index in [9.17, 15) is 0 Å². The summed E-state index contributed by atoms with van der Waals surface area (Å²) in [6.07, 6.45) is 0. The zero-order valence-corrected chi connectivity index (χ0v) is 11.5. The average molecular weight is 351 g/mol. The van der Waals surface area contributed by atoms with Crippen molar-refractivity contribution in [3.05, 3.63) is 33.4 Å². The first-order valence-electron chi connectivity index (χ1n) is 3.29. The van der Waals surface area contributed by atoms with Crippen molar-refractivity contribution in [2.45, 2.75) is 6.04 Å². The van der Waals surface area contributed by atoms with Crippen molar-refractivity contribution in [3.63, 3.8) is 0 Å². The molecule has 5 heteroatoms. The van der Waals surface area contributed by atoms with Gasteiger partial charge >= 0.3 is 6.00 Å². The number of hydrogen-bond acceptors (Lipinski definition) is 0. The van der Waals surface area contributed by atoms with Crippen LogP contribution in [0.4, 0.5) is 0 Å². The van der Waals surface area contributed by atoms with Gasteiger partial charge in [0, 0.05) is 9.61 Å². The molecule has 0 spiro atoms. The SMILES string of the molecule is Cl[Si](Cl)(Cl)Cc1ccccc1I. The molecule has 0 radical (unpaired) electrons. The zero-order valence-electron chi connectivity index (χ0n) is 6.03. The fourth-order valence-electron chi connectivity index (χ4n) is 0.858. The van der Waals surface area contributed by atoms with Crippen LogP contribution >= 0.6 is 55.8 Å².